The van der Waals surface area contributed by atoms with Crippen LogP contribution in [0.5, 0.6) is 0 Å². The van der Waals surface area contributed by atoms with Gasteiger partial charge in [-0.1, -0.05) is 19.3 Å². The molecule has 0 spiro atoms. The summed E-state index contributed by atoms with van der Waals surface area (Å²) in [6.07, 6.45) is 9.02. The molecule has 0 aromatic carbocycles. The molecule has 4 N–H and O–H groups in total. The van der Waals surface area contributed by atoms with E-state index in [0.29, 0.717) is 13.0 Å². The second-order valence-corrected chi connectivity index (χ2v) is 6.35. The number of aliphatic hydroxyl groups is 1. The molecule has 0 saturated heterocycles. The molecule has 2 rings (SSSR count). The maximum atomic E-state index is 11.9. The highest BCUT2D eigenvalue weighted by Crippen LogP contribution is 2.47. The van der Waals surface area contributed by atoms with E-state index in [9.17, 15) is 4.79 Å². The highest BCUT2D eigenvalue weighted by atomic mass is 16.3. The van der Waals surface area contributed by atoms with Crippen molar-refractivity contribution in [3.05, 3.63) is 0 Å². The van der Waals surface area contributed by atoms with E-state index in [1.165, 1.54) is 6.42 Å². The summed E-state index contributed by atoms with van der Waals surface area (Å²) < 4.78 is 0. The van der Waals surface area contributed by atoms with E-state index < -0.39 is 0 Å². The van der Waals surface area contributed by atoms with Crippen LogP contribution in [0.15, 0.2) is 0 Å². The molecule has 0 aromatic rings. The number of aliphatic hydroxyl groups excluding tert-OH is 1. The predicted octanol–water partition coefficient (Wildman–Crippen LogP) is 1.32. The van der Waals surface area contributed by atoms with E-state index in [0.717, 1.165) is 44.9 Å². The maximum absolute atomic E-state index is 11.9. The molecule has 0 heterocycles. The van der Waals surface area contributed by atoms with Crippen LogP contribution in [0.4, 0.5) is 0 Å². The quantitative estimate of drug-likeness (QED) is 0.669. The first-order valence-electron chi connectivity index (χ1n) is 7.24. The Kier molecular flexibility index (Phi) is 4.28. The van der Waals surface area contributed by atoms with Gasteiger partial charge in [0.25, 0.3) is 0 Å². The lowest BCUT2D eigenvalue weighted by Gasteiger charge is -2.33. The van der Waals surface area contributed by atoms with Crippen molar-refractivity contribution in [2.24, 2.45) is 11.1 Å². The summed E-state index contributed by atoms with van der Waals surface area (Å²) in [6, 6.07) is 0. The van der Waals surface area contributed by atoms with Gasteiger partial charge in [0.2, 0.25) is 5.91 Å². The molecule has 1 amide bonds. The lowest BCUT2D eigenvalue weighted by atomic mass is 9.80. The second-order valence-electron chi connectivity index (χ2n) is 6.35. The summed E-state index contributed by atoms with van der Waals surface area (Å²) in [5.74, 6) is 0.0867. The van der Waals surface area contributed by atoms with Gasteiger partial charge in [-0.25, -0.2) is 0 Å². The van der Waals surface area contributed by atoms with Gasteiger partial charge in [0.05, 0.1) is 0 Å². The number of amides is 1. The monoisotopic (exact) mass is 254 g/mol. The molecular formula is C14H26N2O2. The Labute approximate surface area is 109 Å². The van der Waals surface area contributed by atoms with Crippen LogP contribution in [-0.2, 0) is 4.79 Å². The van der Waals surface area contributed by atoms with Crippen molar-refractivity contribution in [3.8, 4) is 0 Å². The van der Waals surface area contributed by atoms with E-state index in [-0.39, 0.29) is 23.5 Å². The minimum absolute atomic E-state index is 0.0867. The summed E-state index contributed by atoms with van der Waals surface area (Å²) in [4.78, 5) is 11.9. The number of carbonyl (C=O) groups is 1. The molecule has 2 aliphatic carbocycles. The molecule has 2 saturated carbocycles. The zero-order valence-corrected chi connectivity index (χ0v) is 11.2. The van der Waals surface area contributed by atoms with Crippen molar-refractivity contribution in [2.75, 3.05) is 13.2 Å². The predicted molar refractivity (Wildman–Crippen MR) is 71.0 cm³/mol. The van der Waals surface area contributed by atoms with Gasteiger partial charge in [0, 0.05) is 25.1 Å². The fourth-order valence-electron chi connectivity index (χ4n) is 3.03. The van der Waals surface area contributed by atoms with Gasteiger partial charge >= 0.3 is 0 Å². The normalized spacial score (nSPS) is 24.6. The molecule has 2 aliphatic rings. The number of nitrogens with two attached hydrogens (primary N) is 1. The Bertz CT molecular complexity index is 294. The summed E-state index contributed by atoms with van der Waals surface area (Å²) in [6.45, 7) is 0.930. The molecular weight excluding hydrogens is 228 g/mol. The highest BCUT2D eigenvalue weighted by molar-refractivity contribution is 5.77. The first kappa shape index (κ1) is 13.8. The Balaban J connectivity index is 1.71. The van der Waals surface area contributed by atoms with Crippen LogP contribution in [0.2, 0.25) is 0 Å². The largest absolute Gasteiger partial charge is 0.396 e. The van der Waals surface area contributed by atoms with Gasteiger partial charge in [0.1, 0.15) is 0 Å². The maximum Gasteiger partial charge on any atom is 0.221 e. The lowest BCUT2D eigenvalue weighted by molar-refractivity contribution is -0.122. The fourth-order valence-corrected chi connectivity index (χ4v) is 3.03. The smallest absolute Gasteiger partial charge is 0.221 e. The standard InChI is InChI=1S/C14H26N2O2/c15-14(4-2-1-3-5-14)10-12(18)16-11-13(6-7-13)8-9-17/h17H,1-11,15H2,(H,16,18). The fraction of sp³-hybridized carbons (Fsp3) is 0.929. The van der Waals surface area contributed by atoms with Crippen LogP contribution in [0.3, 0.4) is 0 Å². The molecule has 0 unspecified atom stereocenters. The van der Waals surface area contributed by atoms with Gasteiger partial charge in [-0.2, -0.15) is 0 Å². The van der Waals surface area contributed by atoms with Gasteiger partial charge in [-0.15, -0.1) is 0 Å². The molecule has 0 aliphatic heterocycles. The van der Waals surface area contributed by atoms with Gasteiger partial charge in [0.15, 0.2) is 0 Å². The topological polar surface area (TPSA) is 75.4 Å². The summed E-state index contributed by atoms with van der Waals surface area (Å²) in [5, 5.41) is 12.0. The first-order chi connectivity index (χ1) is 8.58. The molecule has 18 heavy (non-hydrogen) atoms. The Hall–Kier alpha value is -0.610. The van der Waals surface area contributed by atoms with Crippen molar-refractivity contribution in [1.82, 2.24) is 5.32 Å². The molecule has 0 radical (unpaired) electrons. The molecule has 0 aromatic heterocycles. The van der Waals surface area contributed by atoms with E-state index in [2.05, 4.69) is 5.32 Å². The third-order valence-electron chi connectivity index (χ3n) is 4.62. The van der Waals surface area contributed by atoms with Crippen molar-refractivity contribution in [2.45, 2.75) is 63.3 Å². The molecule has 4 heteroatoms. The number of hydrogen-bond donors (Lipinski definition) is 3. The summed E-state index contributed by atoms with van der Waals surface area (Å²) in [5.41, 5.74) is 6.20. The van der Waals surface area contributed by atoms with Crippen LogP contribution in [0.25, 0.3) is 0 Å². The third-order valence-corrected chi connectivity index (χ3v) is 4.62. The Morgan fingerprint density at radius 1 is 1.17 bits per heavy atom. The van der Waals surface area contributed by atoms with Crippen molar-refractivity contribution >= 4 is 5.91 Å². The van der Waals surface area contributed by atoms with Crippen LogP contribution >= 0.6 is 0 Å². The van der Waals surface area contributed by atoms with Crippen LogP contribution in [-0.4, -0.2) is 29.7 Å². The average Bonchev–Trinajstić information content (AvgIpc) is 3.08. The third kappa shape index (κ3) is 3.69. The Morgan fingerprint density at radius 3 is 2.39 bits per heavy atom. The molecule has 104 valence electrons. The zero-order valence-electron chi connectivity index (χ0n) is 11.2. The summed E-state index contributed by atoms with van der Waals surface area (Å²) >= 11 is 0. The highest BCUT2D eigenvalue weighted by Gasteiger charge is 2.42. The molecule has 4 nitrogen and oxygen atoms in total. The van der Waals surface area contributed by atoms with E-state index >= 15 is 0 Å². The minimum atomic E-state index is -0.268. The SMILES string of the molecule is NC1(CC(=O)NCC2(CCO)CC2)CCCCC1. The lowest BCUT2D eigenvalue weighted by Crippen LogP contribution is -2.46. The summed E-state index contributed by atoms with van der Waals surface area (Å²) in [7, 11) is 0. The van der Waals surface area contributed by atoms with Gasteiger partial charge in [-0.3, -0.25) is 4.79 Å². The number of hydrogen-bond acceptors (Lipinski definition) is 3. The van der Waals surface area contributed by atoms with Crippen LogP contribution < -0.4 is 11.1 Å². The minimum Gasteiger partial charge on any atom is -0.396 e. The number of nitrogens with one attached hydrogen (secondary N) is 1. The van der Waals surface area contributed by atoms with Crippen molar-refractivity contribution in [3.63, 3.8) is 0 Å². The molecule has 0 atom stereocenters. The molecule has 0 bridgehead atoms. The van der Waals surface area contributed by atoms with Gasteiger partial charge in [-0.05, 0) is 37.5 Å². The number of rotatable bonds is 6. The second kappa shape index (κ2) is 5.57. The van der Waals surface area contributed by atoms with E-state index in [1.54, 1.807) is 0 Å². The van der Waals surface area contributed by atoms with Gasteiger partial charge < -0.3 is 16.2 Å². The average molecular weight is 254 g/mol. The van der Waals surface area contributed by atoms with Crippen molar-refractivity contribution < 1.29 is 9.90 Å². The van der Waals surface area contributed by atoms with E-state index in [4.69, 9.17) is 10.8 Å². The van der Waals surface area contributed by atoms with Crippen LogP contribution in [0, 0.1) is 5.41 Å². The van der Waals surface area contributed by atoms with Crippen LogP contribution in [0.1, 0.15) is 57.8 Å². The first-order valence-corrected chi connectivity index (χ1v) is 7.24. The van der Waals surface area contributed by atoms with E-state index in [1.807, 2.05) is 0 Å². The number of carbonyl (C=O) groups excluding carboxylic acids is 1. The molecule has 2 fully saturated rings. The Morgan fingerprint density at radius 2 is 1.83 bits per heavy atom. The van der Waals surface area contributed by atoms with Crippen molar-refractivity contribution in [1.29, 1.82) is 0 Å². The zero-order chi connectivity index (χ0) is 13.1.